The molecule has 0 unspecified atom stereocenters. The zero-order valence-corrected chi connectivity index (χ0v) is 27.2. The number of benzene rings is 2. The van der Waals surface area contributed by atoms with Crippen LogP contribution in [0.2, 0.25) is 0 Å². The maximum Gasteiger partial charge on any atom is 0.416 e. The van der Waals surface area contributed by atoms with Crippen LogP contribution >= 0.6 is 0 Å². The van der Waals surface area contributed by atoms with Gasteiger partial charge in [-0.15, -0.1) is 6.42 Å². The standard InChI is InChI=1S/C36H35F5N4O4/c1-6-23-15-25(33-21(4)13-26(37)14-22(33)5)16-27(34(23)38)29(18-32(47)48)43-35(49)30(12-20(2)3)45-19-24(8-11-44-10-7-9-42-44)28(17-31(45)46)36(39,40)41/h1,7,9-10,13-17,19-20,29-30H,8,11-12,18H2,2-5H3,(H,43,49)(H,47,48)/t29-,30+/m1/s1. The molecule has 13 heteroatoms. The van der Waals surface area contributed by atoms with Crippen LogP contribution in [0.3, 0.4) is 0 Å². The van der Waals surface area contributed by atoms with Crippen LogP contribution in [0.15, 0.2) is 59.8 Å². The minimum atomic E-state index is -4.86. The molecule has 0 saturated heterocycles. The van der Waals surface area contributed by atoms with Crippen molar-refractivity contribution in [1.82, 2.24) is 19.7 Å². The summed E-state index contributed by atoms with van der Waals surface area (Å²) in [5.74, 6) is -1.80. The molecular weight excluding hydrogens is 647 g/mol. The first-order chi connectivity index (χ1) is 23.0. The molecule has 49 heavy (non-hydrogen) atoms. The number of aryl methyl sites for hydroxylation is 4. The number of pyridine rings is 1. The molecule has 2 N–H and O–H groups in total. The van der Waals surface area contributed by atoms with Gasteiger partial charge in [0.25, 0.3) is 5.56 Å². The monoisotopic (exact) mass is 682 g/mol. The lowest BCUT2D eigenvalue weighted by atomic mass is 9.90. The van der Waals surface area contributed by atoms with E-state index in [0.29, 0.717) is 28.3 Å². The Balaban J connectivity index is 1.82. The van der Waals surface area contributed by atoms with Gasteiger partial charge in [-0.05, 0) is 90.8 Å². The number of rotatable bonds is 12. The second-order valence-electron chi connectivity index (χ2n) is 12.3. The van der Waals surface area contributed by atoms with E-state index in [-0.39, 0.29) is 42.0 Å². The number of nitrogens with one attached hydrogen (secondary N) is 1. The number of aliphatic carboxylic acids is 1. The summed E-state index contributed by atoms with van der Waals surface area (Å²) in [6.45, 7) is 6.80. The minimum Gasteiger partial charge on any atom is -0.481 e. The fourth-order valence-corrected chi connectivity index (χ4v) is 5.96. The van der Waals surface area contributed by atoms with Gasteiger partial charge in [0.2, 0.25) is 5.91 Å². The highest BCUT2D eigenvalue weighted by Crippen LogP contribution is 2.35. The second kappa shape index (κ2) is 14.9. The van der Waals surface area contributed by atoms with E-state index in [1.54, 1.807) is 40.0 Å². The van der Waals surface area contributed by atoms with E-state index in [0.717, 1.165) is 10.8 Å². The van der Waals surface area contributed by atoms with Crippen LogP contribution in [0, 0.1) is 43.7 Å². The number of alkyl halides is 3. The van der Waals surface area contributed by atoms with Gasteiger partial charge in [-0.1, -0.05) is 19.8 Å². The summed E-state index contributed by atoms with van der Waals surface area (Å²) >= 11 is 0. The van der Waals surface area contributed by atoms with Crippen molar-refractivity contribution in [3.05, 3.63) is 110 Å². The molecule has 0 radical (unpaired) electrons. The van der Waals surface area contributed by atoms with E-state index in [2.05, 4.69) is 16.3 Å². The molecule has 258 valence electrons. The van der Waals surface area contributed by atoms with E-state index in [1.165, 1.54) is 35.1 Å². The Morgan fingerprint density at radius 1 is 1.08 bits per heavy atom. The van der Waals surface area contributed by atoms with E-state index in [4.69, 9.17) is 6.42 Å². The molecule has 0 aliphatic heterocycles. The Morgan fingerprint density at radius 3 is 2.31 bits per heavy atom. The van der Waals surface area contributed by atoms with Gasteiger partial charge in [-0.3, -0.25) is 19.1 Å². The first-order valence-electron chi connectivity index (χ1n) is 15.4. The molecule has 8 nitrogen and oxygen atoms in total. The molecule has 2 heterocycles. The number of terminal acetylenes is 1. The van der Waals surface area contributed by atoms with Crippen molar-refractivity contribution in [3.8, 4) is 23.5 Å². The summed E-state index contributed by atoms with van der Waals surface area (Å²) in [6, 6.07) is 4.37. The topological polar surface area (TPSA) is 106 Å². The lowest BCUT2D eigenvalue weighted by Gasteiger charge is -2.27. The summed E-state index contributed by atoms with van der Waals surface area (Å²) in [6.07, 6.45) is 3.76. The number of aromatic nitrogens is 3. The van der Waals surface area contributed by atoms with Crippen LogP contribution in [-0.4, -0.2) is 31.3 Å². The number of halogens is 5. The summed E-state index contributed by atoms with van der Waals surface area (Å²) in [7, 11) is 0. The van der Waals surface area contributed by atoms with Crippen LogP contribution in [0.1, 0.15) is 72.2 Å². The highest BCUT2D eigenvalue weighted by Gasteiger charge is 2.36. The Hall–Kier alpha value is -5.25. The Kier molecular flexibility index (Phi) is 11.1. The van der Waals surface area contributed by atoms with Gasteiger partial charge in [-0.2, -0.15) is 18.3 Å². The molecule has 4 aromatic rings. The van der Waals surface area contributed by atoms with Crippen molar-refractivity contribution in [2.45, 2.75) is 71.8 Å². The number of hydrogen-bond donors (Lipinski definition) is 2. The molecule has 0 spiro atoms. The predicted octanol–water partition coefficient (Wildman–Crippen LogP) is 6.77. The van der Waals surface area contributed by atoms with E-state index < -0.39 is 59.3 Å². The van der Waals surface area contributed by atoms with E-state index >= 15 is 4.39 Å². The Bertz CT molecular complexity index is 1940. The number of hydrogen-bond acceptors (Lipinski definition) is 4. The number of nitrogens with zero attached hydrogens (tertiary/aromatic N) is 3. The molecular formula is C36H35F5N4O4. The molecule has 2 aromatic carbocycles. The average molecular weight is 683 g/mol. The van der Waals surface area contributed by atoms with E-state index in [9.17, 15) is 37.1 Å². The van der Waals surface area contributed by atoms with Crippen molar-refractivity contribution in [3.63, 3.8) is 0 Å². The van der Waals surface area contributed by atoms with Gasteiger partial charge in [0, 0.05) is 36.8 Å². The minimum absolute atomic E-state index is 0.0262. The largest absolute Gasteiger partial charge is 0.481 e. The normalized spacial score (nSPS) is 12.8. The number of amides is 1. The zero-order valence-electron chi connectivity index (χ0n) is 27.2. The van der Waals surface area contributed by atoms with Gasteiger partial charge in [0.1, 0.15) is 17.7 Å². The van der Waals surface area contributed by atoms with Crippen LogP contribution in [0.4, 0.5) is 22.0 Å². The van der Waals surface area contributed by atoms with Crippen LogP contribution in [0.5, 0.6) is 0 Å². The molecule has 2 atom stereocenters. The SMILES string of the molecule is C#Cc1cc(-c2c(C)cc(F)cc2C)cc([C@@H](CC(=O)O)NC(=O)[C@H](CC(C)C)n2cc(CCn3cccn3)c(C(F)(F)F)cc2=O)c1F. The van der Waals surface area contributed by atoms with Crippen molar-refractivity contribution >= 4 is 11.9 Å². The van der Waals surface area contributed by atoms with Gasteiger partial charge < -0.3 is 15.0 Å². The third-order valence-corrected chi connectivity index (χ3v) is 8.08. The average Bonchev–Trinajstić information content (AvgIpc) is 3.52. The number of carbonyl (C=O) groups is 2. The van der Waals surface area contributed by atoms with Gasteiger partial charge in [0.15, 0.2) is 0 Å². The first kappa shape index (κ1) is 36.6. The van der Waals surface area contributed by atoms with Gasteiger partial charge in [-0.25, -0.2) is 8.78 Å². The summed E-state index contributed by atoms with van der Waals surface area (Å²) in [5, 5.41) is 16.3. The molecule has 0 fully saturated rings. The van der Waals surface area contributed by atoms with Crippen molar-refractivity contribution in [1.29, 1.82) is 0 Å². The third kappa shape index (κ3) is 8.62. The molecule has 2 aromatic heterocycles. The smallest absolute Gasteiger partial charge is 0.416 e. The third-order valence-electron chi connectivity index (χ3n) is 8.08. The van der Waals surface area contributed by atoms with Crippen molar-refractivity contribution in [2.75, 3.05) is 0 Å². The summed E-state index contributed by atoms with van der Waals surface area (Å²) in [5.41, 5.74) is -1.14. The lowest BCUT2D eigenvalue weighted by molar-refractivity contribution is -0.139. The molecule has 0 saturated carbocycles. The molecule has 0 aliphatic carbocycles. The quantitative estimate of drug-likeness (QED) is 0.127. The van der Waals surface area contributed by atoms with Crippen molar-refractivity contribution < 1.29 is 36.6 Å². The number of carboxylic acid groups (broad SMARTS) is 1. The van der Waals surface area contributed by atoms with Crippen molar-refractivity contribution in [2.24, 2.45) is 5.92 Å². The van der Waals surface area contributed by atoms with Crippen LogP contribution in [0.25, 0.3) is 11.1 Å². The fraction of sp³-hybridized carbons (Fsp3) is 0.333. The molecule has 1 amide bonds. The fourth-order valence-electron chi connectivity index (χ4n) is 5.96. The number of carboxylic acids is 1. The maximum absolute atomic E-state index is 15.9. The van der Waals surface area contributed by atoms with Crippen LogP contribution in [-0.2, 0) is 28.7 Å². The second-order valence-corrected chi connectivity index (χ2v) is 12.3. The maximum atomic E-state index is 15.9. The highest BCUT2D eigenvalue weighted by molar-refractivity contribution is 5.82. The highest BCUT2D eigenvalue weighted by atomic mass is 19.4. The van der Waals surface area contributed by atoms with Gasteiger partial charge in [0.05, 0.1) is 23.6 Å². The Labute approximate surface area is 279 Å². The summed E-state index contributed by atoms with van der Waals surface area (Å²) in [4.78, 5) is 39.2. The number of carbonyl (C=O) groups excluding carboxylic acids is 1. The summed E-state index contributed by atoms with van der Waals surface area (Å²) < 4.78 is 74.4. The van der Waals surface area contributed by atoms with Crippen LogP contribution < -0.4 is 10.9 Å². The first-order valence-corrected chi connectivity index (χ1v) is 15.4. The molecule has 4 rings (SSSR count). The van der Waals surface area contributed by atoms with Gasteiger partial charge >= 0.3 is 12.1 Å². The molecule has 0 bridgehead atoms. The zero-order chi connectivity index (χ0) is 36.2. The predicted molar refractivity (Wildman–Crippen MR) is 172 cm³/mol. The Morgan fingerprint density at radius 2 is 1.76 bits per heavy atom. The molecule has 0 aliphatic rings. The van der Waals surface area contributed by atoms with E-state index in [1.807, 2.05) is 0 Å². The lowest BCUT2D eigenvalue weighted by Crippen LogP contribution is -2.41.